The highest BCUT2D eigenvalue weighted by atomic mass is 16.5. The van der Waals surface area contributed by atoms with E-state index in [-0.39, 0.29) is 5.97 Å². The Morgan fingerprint density at radius 1 is 1.69 bits per heavy atom. The summed E-state index contributed by atoms with van der Waals surface area (Å²) in [5, 5.41) is 0. The van der Waals surface area contributed by atoms with Crippen LogP contribution in [0.3, 0.4) is 0 Å². The predicted molar refractivity (Wildman–Crippen MR) is 48.2 cm³/mol. The van der Waals surface area contributed by atoms with Gasteiger partial charge in [0.15, 0.2) is 0 Å². The van der Waals surface area contributed by atoms with Crippen molar-refractivity contribution in [3.63, 3.8) is 0 Å². The number of carbonyl (C=O) groups is 1. The molecule has 0 spiro atoms. The van der Waals surface area contributed by atoms with Crippen LogP contribution in [0.2, 0.25) is 0 Å². The topological polar surface area (TPSA) is 44.1 Å². The molecule has 1 aromatic heterocycles. The standard InChI is InChI=1S/C9H14N2O2/c1-3-13-9(12)4-5-11-6-8(2)10-7-11/h6-7H,3-5H2,1-2H3. The first-order chi connectivity index (χ1) is 6.22. The van der Waals surface area contributed by atoms with Crippen LogP contribution in [-0.2, 0) is 16.1 Å². The molecular weight excluding hydrogens is 168 g/mol. The zero-order valence-electron chi connectivity index (χ0n) is 7.99. The van der Waals surface area contributed by atoms with Gasteiger partial charge < -0.3 is 9.30 Å². The number of rotatable bonds is 4. The Labute approximate surface area is 77.5 Å². The number of hydrogen-bond acceptors (Lipinski definition) is 3. The molecule has 1 heterocycles. The third-order valence-corrected chi connectivity index (χ3v) is 1.64. The summed E-state index contributed by atoms with van der Waals surface area (Å²) in [5.74, 6) is -0.158. The molecule has 4 nitrogen and oxygen atoms in total. The van der Waals surface area contributed by atoms with Gasteiger partial charge in [-0.2, -0.15) is 0 Å². The van der Waals surface area contributed by atoms with Crippen molar-refractivity contribution >= 4 is 5.97 Å². The average molecular weight is 182 g/mol. The molecular formula is C9H14N2O2. The molecule has 0 aromatic carbocycles. The van der Waals surface area contributed by atoms with Crippen molar-refractivity contribution in [2.45, 2.75) is 26.8 Å². The normalized spacial score (nSPS) is 10.0. The van der Waals surface area contributed by atoms with Gasteiger partial charge in [-0.3, -0.25) is 4.79 Å². The van der Waals surface area contributed by atoms with E-state index in [4.69, 9.17) is 4.74 Å². The number of carbonyl (C=O) groups excluding carboxylic acids is 1. The zero-order valence-corrected chi connectivity index (χ0v) is 7.99. The number of aromatic nitrogens is 2. The Hall–Kier alpha value is -1.32. The van der Waals surface area contributed by atoms with Gasteiger partial charge >= 0.3 is 5.97 Å². The Morgan fingerprint density at radius 2 is 2.46 bits per heavy atom. The second-order valence-electron chi connectivity index (χ2n) is 2.81. The van der Waals surface area contributed by atoms with Crippen LogP contribution in [0.25, 0.3) is 0 Å². The van der Waals surface area contributed by atoms with Crippen LogP contribution < -0.4 is 0 Å². The number of imidazole rings is 1. The van der Waals surface area contributed by atoms with E-state index < -0.39 is 0 Å². The lowest BCUT2D eigenvalue weighted by Gasteiger charge is -2.01. The van der Waals surface area contributed by atoms with E-state index in [1.54, 1.807) is 13.3 Å². The maximum Gasteiger partial charge on any atom is 0.307 e. The van der Waals surface area contributed by atoms with Crippen molar-refractivity contribution in [2.75, 3.05) is 6.61 Å². The van der Waals surface area contributed by atoms with Crippen molar-refractivity contribution in [2.24, 2.45) is 0 Å². The lowest BCUT2D eigenvalue weighted by molar-refractivity contribution is -0.143. The second kappa shape index (κ2) is 4.64. The maximum atomic E-state index is 11.0. The maximum absolute atomic E-state index is 11.0. The van der Waals surface area contributed by atoms with Gasteiger partial charge in [0, 0.05) is 12.7 Å². The first-order valence-electron chi connectivity index (χ1n) is 4.36. The molecule has 0 N–H and O–H groups in total. The molecule has 0 radical (unpaired) electrons. The van der Waals surface area contributed by atoms with Crippen molar-refractivity contribution < 1.29 is 9.53 Å². The molecule has 0 aliphatic heterocycles. The first-order valence-corrected chi connectivity index (χ1v) is 4.36. The Morgan fingerprint density at radius 3 is 3.00 bits per heavy atom. The number of ether oxygens (including phenoxy) is 1. The second-order valence-corrected chi connectivity index (χ2v) is 2.81. The Bertz CT molecular complexity index is 281. The van der Waals surface area contributed by atoms with Gasteiger partial charge in [0.05, 0.1) is 25.0 Å². The van der Waals surface area contributed by atoms with E-state index in [1.165, 1.54) is 0 Å². The predicted octanol–water partition coefficient (Wildman–Crippen LogP) is 1.14. The van der Waals surface area contributed by atoms with Gasteiger partial charge in [-0.05, 0) is 13.8 Å². The van der Waals surface area contributed by atoms with E-state index in [1.807, 2.05) is 17.7 Å². The van der Waals surface area contributed by atoms with Crippen LogP contribution in [0, 0.1) is 6.92 Å². The summed E-state index contributed by atoms with van der Waals surface area (Å²) in [6.07, 6.45) is 4.03. The summed E-state index contributed by atoms with van der Waals surface area (Å²) in [6, 6.07) is 0. The molecule has 0 saturated carbocycles. The molecule has 0 amide bonds. The number of hydrogen-bond donors (Lipinski definition) is 0. The van der Waals surface area contributed by atoms with Gasteiger partial charge in [-0.25, -0.2) is 4.98 Å². The fraction of sp³-hybridized carbons (Fsp3) is 0.556. The largest absolute Gasteiger partial charge is 0.466 e. The van der Waals surface area contributed by atoms with E-state index >= 15 is 0 Å². The van der Waals surface area contributed by atoms with Crippen LogP contribution in [0.15, 0.2) is 12.5 Å². The molecule has 4 heteroatoms. The molecule has 13 heavy (non-hydrogen) atoms. The molecule has 0 unspecified atom stereocenters. The van der Waals surface area contributed by atoms with Crippen molar-refractivity contribution in [3.05, 3.63) is 18.2 Å². The Kier molecular flexibility index (Phi) is 3.49. The molecule has 0 fully saturated rings. The molecule has 0 bridgehead atoms. The minimum absolute atomic E-state index is 0.158. The van der Waals surface area contributed by atoms with E-state index in [2.05, 4.69) is 4.98 Å². The first kappa shape index (κ1) is 9.77. The van der Waals surface area contributed by atoms with E-state index in [0.717, 1.165) is 5.69 Å². The molecule has 0 aliphatic rings. The summed E-state index contributed by atoms with van der Waals surface area (Å²) in [6.45, 7) is 4.81. The molecule has 0 atom stereocenters. The molecule has 0 aliphatic carbocycles. The molecule has 1 aromatic rings. The minimum Gasteiger partial charge on any atom is -0.466 e. The molecule has 1 rings (SSSR count). The summed E-state index contributed by atoms with van der Waals surface area (Å²) < 4.78 is 6.68. The Balaban J connectivity index is 2.30. The smallest absolute Gasteiger partial charge is 0.307 e. The van der Waals surface area contributed by atoms with Crippen molar-refractivity contribution in [1.82, 2.24) is 9.55 Å². The highest BCUT2D eigenvalue weighted by molar-refractivity contribution is 5.69. The van der Waals surface area contributed by atoms with Crippen LogP contribution in [0.1, 0.15) is 19.0 Å². The third-order valence-electron chi connectivity index (χ3n) is 1.64. The van der Waals surface area contributed by atoms with Gasteiger partial charge in [-0.15, -0.1) is 0 Å². The minimum atomic E-state index is -0.158. The summed E-state index contributed by atoms with van der Waals surface area (Å²) in [7, 11) is 0. The van der Waals surface area contributed by atoms with Crippen LogP contribution in [0.4, 0.5) is 0 Å². The lowest BCUT2D eigenvalue weighted by atomic mass is 10.4. The summed E-state index contributed by atoms with van der Waals surface area (Å²) in [5.41, 5.74) is 0.962. The average Bonchev–Trinajstić information content (AvgIpc) is 2.49. The zero-order chi connectivity index (χ0) is 9.68. The number of esters is 1. The highest BCUT2D eigenvalue weighted by Crippen LogP contribution is 1.96. The fourth-order valence-corrected chi connectivity index (χ4v) is 1.05. The summed E-state index contributed by atoms with van der Waals surface area (Å²) in [4.78, 5) is 15.0. The SMILES string of the molecule is CCOC(=O)CCn1cnc(C)c1. The van der Waals surface area contributed by atoms with E-state index in [9.17, 15) is 4.79 Å². The number of nitrogens with zero attached hydrogens (tertiary/aromatic N) is 2. The van der Waals surface area contributed by atoms with Crippen LogP contribution >= 0.6 is 0 Å². The van der Waals surface area contributed by atoms with Crippen molar-refractivity contribution in [1.29, 1.82) is 0 Å². The van der Waals surface area contributed by atoms with Crippen LogP contribution in [0.5, 0.6) is 0 Å². The molecule has 0 saturated heterocycles. The monoisotopic (exact) mass is 182 g/mol. The fourth-order valence-electron chi connectivity index (χ4n) is 1.05. The summed E-state index contributed by atoms with van der Waals surface area (Å²) >= 11 is 0. The van der Waals surface area contributed by atoms with Crippen LogP contribution in [-0.4, -0.2) is 22.1 Å². The van der Waals surface area contributed by atoms with Gasteiger partial charge in [0.2, 0.25) is 0 Å². The van der Waals surface area contributed by atoms with E-state index in [0.29, 0.717) is 19.6 Å². The third kappa shape index (κ3) is 3.27. The van der Waals surface area contributed by atoms with Gasteiger partial charge in [0.25, 0.3) is 0 Å². The highest BCUT2D eigenvalue weighted by Gasteiger charge is 2.01. The van der Waals surface area contributed by atoms with Gasteiger partial charge in [-0.1, -0.05) is 0 Å². The van der Waals surface area contributed by atoms with Gasteiger partial charge in [0.1, 0.15) is 0 Å². The quantitative estimate of drug-likeness (QED) is 0.656. The van der Waals surface area contributed by atoms with Crippen molar-refractivity contribution in [3.8, 4) is 0 Å². The number of aryl methyl sites for hydroxylation is 2. The lowest BCUT2D eigenvalue weighted by Crippen LogP contribution is -2.07. The molecule has 72 valence electrons.